The number of para-hydroxylation sites is 1. The van der Waals surface area contributed by atoms with Crippen molar-refractivity contribution >= 4 is 0 Å². The minimum atomic E-state index is 0.0366. The Hall–Kier alpha value is -1.97. The fraction of sp³-hybridized carbons (Fsp3) is 0.400. The predicted molar refractivity (Wildman–Crippen MR) is 73.6 cm³/mol. The number of fused-ring (bicyclic) bond motifs is 1. The quantitative estimate of drug-likeness (QED) is 0.846. The van der Waals surface area contributed by atoms with Crippen LogP contribution in [-0.2, 0) is 13.0 Å². The van der Waals surface area contributed by atoms with Gasteiger partial charge in [-0.2, -0.15) is 0 Å². The number of ether oxygens (including phenoxy) is 1. The first-order chi connectivity index (χ1) is 9.15. The first-order valence-corrected chi connectivity index (χ1v) is 6.67. The third-order valence-electron chi connectivity index (χ3n) is 3.54. The van der Waals surface area contributed by atoms with Gasteiger partial charge in [-0.15, -0.1) is 0 Å². The highest BCUT2D eigenvalue weighted by molar-refractivity contribution is 5.37. The molecule has 0 spiro atoms. The normalized spacial score (nSPS) is 17.5. The molecule has 0 saturated heterocycles. The van der Waals surface area contributed by atoms with Crippen LogP contribution in [0.2, 0.25) is 0 Å². The monoisotopic (exact) mass is 258 g/mol. The van der Waals surface area contributed by atoms with E-state index in [1.807, 2.05) is 44.4 Å². The van der Waals surface area contributed by atoms with Gasteiger partial charge in [-0.05, 0) is 25.5 Å². The van der Waals surface area contributed by atoms with Crippen molar-refractivity contribution in [1.82, 2.24) is 9.13 Å². The molecule has 2 heterocycles. The average molecular weight is 258 g/mol. The van der Waals surface area contributed by atoms with E-state index in [-0.39, 0.29) is 17.8 Å². The van der Waals surface area contributed by atoms with E-state index in [1.54, 1.807) is 9.13 Å². The molecule has 1 aromatic carbocycles. The molecule has 3 rings (SSSR count). The van der Waals surface area contributed by atoms with Crippen LogP contribution < -0.4 is 10.4 Å². The second-order valence-corrected chi connectivity index (χ2v) is 5.29. The van der Waals surface area contributed by atoms with Gasteiger partial charge in [-0.25, -0.2) is 4.79 Å². The molecule has 0 fully saturated rings. The zero-order chi connectivity index (χ0) is 13.4. The van der Waals surface area contributed by atoms with E-state index in [1.165, 1.54) is 5.56 Å². The molecule has 0 N–H and O–H groups in total. The minimum absolute atomic E-state index is 0.0366. The Balaban J connectivity index is 1.76. The molecule has 0 radical (unpaired) electrons. The van der Waals surface area contributed by atoms with Gasteiger partial charge < -0.3 is 4.74 Å². The third kappa shape index (κ3) is 2.18. The standard InChI is InChI=1S/C15H18N2O2/c1-11(2)17-8-7-16(15(17)18)10-13-9-12-5-3-4-6-14(12)19-13/h3-8,11,13H,9-10H2,1-2H3. The molecule has 19 heavy (non-hydrogen) atoms. The molecular formula is C15H18N2O2. The largest absolute Gasteiger partial charge is 0.488 e. The molecule has 0 amide bonds. The summed E-state index contributed by atoms with van der Waals surface area (Å²) >= 11 is 0. The Labute approximate surface area is 112 Å². The maximum absolute atomic E-state index is 12.1. The Kier molecular flexibility index (Phi) is 2.93. The van der Waals surface area contributed by atoms with Crippen LogP contribution in [0.1, 0.15) is 25.5 Å². The van der Waals surface area contributed by atoms with Gasteiger partial charge in [0.15, 0.2) is 0 Å². The Bertz CT molecular complexity index is 615. The second kappa shape index (κ2) is 4.61. The maximum Gasteiger partial charge on any atom is 0.328 e. The number of aromatic nitrogens is 2. The lowest BCUT2D eigenvalue weighted by molar-refractivity contribution is 0.207. The van der Waals surface area contributed by atoms with Crippen LogP contribution in [-0.4, -0.2) is 15.2 Å². The van der Waals surface area contributed by atoms with Crippen LogP contribution in [0.5, 0.6) is 5.75 Å². The van der Waals surface area contributed by atoms with Crippen molar-refractivity contribution in [1.29, 1.82) is 0 Å². The summed E-state index contributed by atoms with van der Waals surface area (Å²) in [7, 11) is 0. The van der Waals surface area contributed by atoms with Gasteiger partial charge in [0, 0.05) is 24.9 Å². The van der Waals surface area contributed by atoms with E-state index in [2.05, 4.69) is 6.07 Å². The Morgan fingerprint density at radius 2 is 2.11 bits per heavy atom. The molecule has 100 valence electrons. The number of imidazole rings is 1. The number of hydrogen-bond acceptors (Lipinski definition) is 2. The van der Waals surface area contributed by atoms with E-state index in [4.69, 9.17) is 4.74 Å². The minimum Gasteiger partial charge on any atom is -0.488 e. The van der Waals surface area contributed by atoms with Crippen molar-refractivity contribution in [3.8, 4) is 5.75 Å². The van der Waals surface area contributed by atoms with Crippen molar-refractivity contribution < 1.29 is 4.74 Å². The molecular weight excluding hydrogens is 240 g/mol. The first kappa shape index (κ1) is 12.1. The van der Waals surface area contributed by atoms with Crippen molar-refractivity contribution in [2.75, 3.05) is 0 Å². The molecule has 4 heteroatoms. The van der Waals surface area contributed by atoms with Gasteiger partial charge in [0.2, 0.25) is 0 Å². The smallest absolute Gasteiger partial charge is 0.328 e. The van der Waals surface area contributed by atoms with Crippen LogP contribution in [0.3, 0.4) is 0 Å². The molecule has 1 aliphatic heterocycles. The average Bonchev–Trinajstić information content (AvgIpc) is 2.94. The van der Waals surface area contributed by atoms with E-state index < -0.39 is 0 Å². The maximum atomic E-state index is 12.1. The zero-order valence-electron chi connectivity index (χ0n) is 11.2. The van der Waals surface area contributed by atoms with E-state index >= 15 is 0 Å². The van der Waals surface area contributed by atoms with Crippen LogP contribution in [0, 0.1) is 0 Å². The second-order valence-electron chi connectivity index (χ2n) is 5.29. The highest BCUT2D eigenvalue weighted by Crippen LogP contribution is 2.28. The van der Waals surface area contributed by atoms with E-state index in [0.717, 1.165) is 12.2 Å². The molecule has 2 aromatic rings. The molecule has 4 nitrogen and oxygen atoms in total. The zero-order valence-corrected chi connectivity index (χ0v) is 11.2. The van der Waals surface area contributed by atoms with Crippen LogP contribution in [0.15, 0.2) is 41.5 Å². The summed E-state index contributed by atoms with van der Waals surface area (Å²) in [5.74, 6) is 0.948. The van der Waals surface area contributed by atoms with Gasteiger partial charge in [-0.1, -0.05) is 18.2 Å². The predicted octanol–water partition coefficient (Wildman–Crippen LogP) is 2.23. The summed E-state index contributed by atoms with van der Waals surface area (Å²) < 4.78 is 9.34. The topological polar surface area (TPSA) is 36.2 Å². The Morgan fingerprint density at radius 3 is 2.79 bits per heavy atom. The number of benzene rings is 1. The highest BCUT2D eigenvalue weighted by Gasteiger charge is 2.23. The van der Waals surface area contributed by atoms with Crippen molar-refractivity contribution in [3.05, 3.63) is 52.7 Å². The SMILES string of the molecule is CC(C)n1ccn(CC2Cc3ccccc3O2)c1=O. The molecule has 0 saturated carbocycles. The van der Waals surface area contributed by atoms with Crippen molar-refractivity contribution in [2.45, 2.75) is 39.0 Å². The fourth-order valence-corrected chi connectivity index (χ4v) is 2.54. The molecule has 1 aliphatic rings. The van der Waals surface area contributed by atoms with Crippen LogP contribution in [0.25, 0.3) is 0 Å². The highest BCUT2D eigenvalue weighted by atomic mass is 16.5. The van der Waals surface area contributed by atoms with Gasteiger partial charge >= 0.3 is 5.69 Å². The van der Waals surface area contributed by atoms with Gasteiger partial charge in [0.05, 0.1) is 6.54 Å². The lowest BCUT2D eigenvalue weighted by atomic mass is 10.1. The van der Waals surface area contributed by atoms with E-state index in [9.17, 15) is 4.79 Å². The summed E-state index contributed by atoms with van der Waals surface area (Å²) in [5.41, 5.74) is 1.26. The number of hydrogen-bond donors (Lipinski definition) is 0. The molecule has 1 atom stereocenters. The summed E-state index contributed by atoms with van der Waals surface area (Å²) in [6, 6.07) is 8.25. The lowest BCUT2D eigenvalue weighted by Crippen LogP contribution is -2.30. The van der Waals surface area contributed by atoms with Crippen molar-refractivity contribution in [2.24, 2.45) is 0 Å². The van der Waals surface area contributed by atoms with Gasteiger partial charge in [0.1, 0.15) is 11.9 Å². The van der Waals surface area contributed by atoms with Crippen molar-refractivity contribution in [3.63, 3.8) is 0 Å². The molecule has 0 bridgehead atoms. The molecule has 1 unspecified atom stereocenters. The first-order valence-electron chi connectivity index (χ1n) is 6.67. The van der Waals surface area contributed by atoms with Gasteiger partial charge in [0.25, 0.3) is 0 Å². The molecule has 0 aliphatic carbocycles. The summed E-state index contributed by atoms with van der Waals surface area (Å²) in [6.45, 7) is 4.62. The Morgan fingerprint density at radius 1 is 1.32 bits per heavy atom. The lowest BCUT2D eigenvalue weighted by Gasteiger charge is -2.11. The number of nitrogens with zero attached hydrogens (tertiary/aromatic N) is 2. The third-order valence-corrected chi connectivity index (χ3v) is 3.54. The number of rotatable bonds is 3. The fourth-order valence-electron chi connectivity index (χ4n) is 2.54. The summed E-state index contributed by atoms with van der Waals surface area (Å²) in [6.07, 6.45) is 4.61. The summed E-state index contributed by atoms with van der Waals surface area (Å²) in [4.78, 5) is 12.1. The van der Waals surface area contributed by atoms with Gasteiger partial charge in [-0.3, -0.25) is 9.13 Å². The molecule has 1 aromatic heterocycles. The van der Waals surface area contributed by atoms with Crippen LogP contribution in [0.4, 0.5) is 0 Å². The summed E-state index contributed by atoms with van der Waals surface area (Å²) in [5, 5.41) is 0. The van der Waals surface area contributed by atoms with E-state index in [0.29, 0.717) is 6.54 Å². The van der Waals surface area contributed by atoms with Crippen LogP contribution >= 0.6 is 0 Å².